The van der Waals surface area contributed by atoms with Crippen molar-refractivity contribution in [2.75, 3.05) is 20.2 Å². The third kappa shape index (κ3) is 3.42. The predicted molar refractivity (Wildman–Crippen MR) is 103 cm³/mol. The van der Waals surface area contributed by atoms with Gasteiger partial charge >= 0.3 is 5.69 Å². The molecule has 0 amide bonds. The summed E-state index contributed by atoms with van der Waals surface area (Å²) < 4.78 is 34.2. The molecule has 29 heavy (non-hydrogen) atoms. The Balaban J connectivity index is 1.55. The Bertz CT molecular complexity index is 1170. The van der Waals surface area contributed by atoms with Crippen molar-refractivity contribution in [3.8, 4) is 5.75 Å². The van der Waals surface area contributed by atoms with Gasteiger partial charge in [-0.05, 0) is 37.1 Å². The first-order chi connectivity index (χ1) is 13.9. The van der Waals surface area contributed by atoms with Crippen LogP contribution in [0.25, 0.3) is 5.65 Å². The van der Waals surface area contributed by atoms with E-state index in [1.165, 1.54) is 23.5 Å². The highest BCUT2D eigenvalue weighted by molar-refractivity contribution is 7.89. The summed E-state index contributed by atoms with van der Waals surface area (Å²) in [5.74, 6) is 0.924. The molecule has 0 spiro atoms. The SMILES string of the molecule is COc1ccc(S(=O)(=O)N2CCC(c3nnc4ccccn34)CC2)cc1[N+](=O)[O-]. The van der Waals surface area contributed by atoms with Crippen molar-refractivity contribution in [2.24, 2.45) is 0 Å². The Kier molecular flexibility index (Phi) is 4.92. The van der Waals surface area contributed by atoms with Crippen LogP contribution < -0.4 is 4.74 Å². The molecule has 11 heteroatoms. The van der Waals surface area contributed by atoms with Gasteiger partial charge in [0, 0.05) is 31.3 Å². The highest BCUT2D eigenvalue weighted by Crippen LogP contribution is 2.33. The van der Waals surface area contributed by atoms with Crippen molar-refractivity contribution < 1.29 is 18.1 Å². The number of sulfonamides is 1. The van der Waals surface area contributed by atoms with Crippen LogP contribution in [0.3, 0.4) is 0 Å². The number of benzene rings is 1. The van der Waals surface area contributed by atoms with Crippen LogP contribution in [0, 0.1) is 10.1 Å². The largest absolute Gasteiger partial charge is 0.490 e. The number of methoxy groups -OCH3 is 1. The number of pyridine rings is 1. The van der Waals surface area contributed by atoms with E-state index in [-0.39, 0.29) is 22.3 Å². The molecule has 0 atom stereocenters. The summed E-state index contributed by atoms with van der Waals surface area (Å²) in [6, 6.07) is 9.34. The fourth-order valence-corrected chi connectivity index (χ4v) is 5.10. The third-order valence-corrected chi connectivity index (χ3v) is 7.04. The lowest BCUT2D eigenvalue weighted by Crippen LogP contribution is -2.38. The molecular weight excluding hydrogens is 398 g/mol. The zero-order chi connectivity index (χ0) is 20.6. The van der Waals surface area contributed by atoms with Gasteiger partial charge in [-0.25, -0.2) is 8.42 Å². The zero-order valence-electron chi connectivity index (χ0n) is 15.6. The first-order valence-corrected chi connectivity index (χ1v) is 10.5. The average Bonchev–Trinajstić information content (AvgIpc) is 3.17. The van der Waals surface area contributed by atoms with Gasteiger partial charge < -0.3 is 4.74 Å². The van der Waals surface area contributed by atoms with Gasteiger partial charge in [0.05, 0.1) is 16.9 Å². The van der Waals surface area contributed by atoms with E-state index >= 15 is 0 Å². The van der Waals surface area contributed by atoms with E-state index in [2.05, 4.69) is 10.2 Å². The number of piperidine rings is 1. The summed E-state index contributed by atoms with van der Waals surface area (Å²) >= 11 is 0. The van der Waals surface area contributed by atoms with Gasteiger partial charge in [0.25, 0.3) is 0 Å². The number of hydrogen-bond acceptors (Lipinski definition) is 7. The standard InChI is InChI=1S/C18H19N5O5S/c1-28-16-6-5-14(12-15(16)23(24)25)29(26,27)21-10-7-13(8-11-21)18-20-19-17-4-2-3-9-22(17)18/h2-6,9,12-13H,7-8,10-11H2,1H3. The maximum absolute atomic E-state index is 13.0. The molecule has 1 aliphatic heterocycles. The molecule has 152 valence electrons. The topological polar surface area (TPSA) is 120 Å². The van der Waals surface area contributed by atoms with Crippen LogP contribution >= 0.6 is 0 Å². The minimum Gasteiger partial charge on any atom is -0.490 e. The smallest absolute Gasteiger partial charge is 0.312 e. The molecule has 1 saturated heterocycles. The van der Waals surface area contributed by atoms with Crippen LogP contribution in [0.5, 0.6) is 5.75 Å². The molecule has 10 nitrogen and oxygen atoms in total. The van der Waals surface area contributed by atoms with E-state index in [9.17, 15) is 18.5 Å². The molecule has 3 heterocycles. The maximum atomic E-state index is 13.0. The number of fused-ring (bicyclic) bond motifs is 1. The van der Waals surface area contributed by atoms with Crippen molar-refractivity contribution >= 4 is 21.4 Å². The molecule has 0 radical (unpaired) electrons. The van der Waals surface area contributed by atoms with Gasteiger partial charge in [-0.15, -0.1) is 10.2 Å². The monoisotopic (exact) mass is 417 g/mol. The Morgan fingerprint density at radius 2 is 1.93 bits per heavy atom. The molecule has 1 aromatic carbocycles. The number of rotatable bonds is 5. The minimum atomic E-state index is -3.85. The molecule has 1 fully saturated rings. The summed E-state index contributed by atoms with van der Waals surface area (Å²) in [7, 11) is -2.55. The Morgan fingerprint density at radius 1 is 1.17 bits per heavy atom. The summed E-state index contributed by atoms with van der Waals surface area (Å²) in [4.78, 5) is 10.5. The zero-order valence-corrected chi connectivity index (χ0v) is 16.4. The predicted octanol–water partition coefficient (Wildman–Crippen LogP) is 2.21. The first-order valence-electron chi connectivity index (χ1n) is 9.04. The van der Waals surface area contributed by atoms with E-state index in [0.29, 0.717) is 25.9 Å². The van der Waals surface area contributed by atoms with E-state index in [1.54, 1.807) is 0 Å². The van der Waals surface area contributed by atoms with Crippen LogP contribution in [0.15, 0.2) is 47.5 Å². The molecular formula is C18H19N5O5S. The summed E-state index contributed by atoms with van der Waals surface area (Å²) in [6.07, 6.45) is 3.07. The lowest BCUT2D eigenvalue weighted by Gasteiger charge is -2.30. The Morgan fingerprint density at radius 3 is 2.62 bits per heavy atom. The Hall–Kier alpha value is -3.05. The summed E-state index contributed by atoms with van der Waals surface area (Å²) in [6.45, 7) is 0.600. The highest BCUT2D eigenvalue weighted by Gasteiger charge is 2.33. The second-order valence-corrected chi connectivity index (χ2v) is 8.69. The second-order valence-electron chi connectivity index (χ2n) is 6.76. The number of hydrogen-bond donors (Lipinski definition) is 0. The Labute approximate surface area is 166 Å². The second kappa shape index (κ2) is 7.41. The third-order valence-electron chi connectivity index (χ3n) is 5.14. The normalized spacial score (nSPS) is 16.2. The first kappa shape index (κ1) is 19.3. The summed E-state index contributed by atoms with van der Waals surface area (Å²) in [5.41, 5.74) is 0.376. The van der Waals surface area contributed by atoms with Crippen molar-refractivity contribution in [3.63, 3.8) is 0 Å². The highest BCUT2D eigenvalue weighted by atomic mass is 32.2. The van der Waals surface area contributed by atoms with E-state index in [1.807, 2.05) is 28.8 Å². The van der Waals surface area contributed by atoms with Crippen LogP contribution in [0.4, 0.5) is 5.69 Å². The lowest BCUT2D eigenvalue weighted by molar-refractivity contribution is -0.386. The van der Waals surface area contributed by atoms with E-state index < -0.39 is 14.9 Å². The van der Waals surface area contributed by atoms with E-state index in [4.69, 9.17) is 4.74 Å². The van der Waals surface area contributed by atoms with Crippen molar-refractivity contribution in [2.45, 2.75) is 23.7 Å². The van der Waals surface area contributed by atoms with Gasteiger partial charge in [0.2, 0.25) is 10.0 Å². The van der Waals surface area contributed by atoms with Gasteiger partial charge in [-0.2, -0.15) is 4.31 Å². The average molecular weight is 417 g/mol. The van der Waals surface area contributed by atoms with E-state index in [0.717, 1.165) is 17.5 Å². The van der Waals surface area contributed by atoms with Crippen molar-refractivity contribution in [3.05, 3.63) is 58.5 Å². The molecule has 4 rings (SSSR count). The fourth-order valence-electron chi connectivity index (χ4n) is 3.61. The molecule has 3 aromatic rings. The fraction of sp³-hybridized carbons (Fsp3) is 0.333. The molecule has 0 saturated carbocycles. The van der Waals surface area contributed by atoms with Crippen molar-refractivity contribution in [1.82, 2.24) is 18.9 Å². The van der Waals surface area contributed by atoms with Crippen molar-refractivity contribution in [1.29, 1.82) is 0 Å². The number of nitro groups is 1. The molecule has 2 aromatic heterocycles. The van der Waals surface area contributed by atoms with Gasteiger partial charge in [0.15, 0.2) is 11.4 Å². The van der Waals surface area contributed by atoms with Crippen LogP contribution in [-0.4, -0.2) is 52.4 Å². The summed E-state index contributed by atoms with van der Waals surface area (Å²) in [5, 5.41) is 19.6. The van der Waals surface area contributed by atoms with Crippen LogP contribution in [0.1, 0.15) is 24.6 Å². The number of nitro benzene ring substituents is 1. The molecule has 0 unspecified atom stereocenters. The maximum Gasteiger partial charge on any atom is 0.312 e. The minimum absolute atomic E-state index is 0.0198. The van der Waals surface area contributed by atoms with Crippen LogP contribution in [0.2, 0.25) is 0 Å². The van der Waals surface area contributed by atoms with Gasteiger partial charge in [-0.1, -0.05) is 6.07 Å². The number of nitrogens with zero attached hydrogens (tertiary/aromatic N) is 5. The molecule has 0 N–H and O–H groups in total. The number of aromatic nitrogens is 3. The molecule has 0 aliphatic carbocycles. The van der Waals surface area contributed by atoms with Crippen LogP contribution in [-0.2, 0) is 10.0 Å². The number of ether oxygens (including phenoxy) is 1. The van der Waals surface area contributed by atoms with Gasteiger partial charge in [-0.3, -0.25) is 14.5 Å². The lowest BCUT2D eigenvalue weighted by atomic mass is 9.97. The molecule has 0 bridgehead atoms. The quantitative estimate of drug-likeness (QED) is 0.461. The van der Waals surface area contributed by atoms with Gasteiger partial charge in [0.1, 0.15) is 5.82 Å². The molecule has 1 aliphatic rings.